The van der Waals surface area contributed by atoms with Gasteiger partial charge in [-0.25, -0.2) is 9.36 Å². The predicted octanol–water partition coefficient (Wildman–Crippen LogP) is 1.91. The van der Waals surface area contributed by atoms with E-state index in [4.69, 9.17) is 0 Å². The molecule has 0 saturated carbocycles. The molecule has 5 heteroatoms. The van der Waals surface area contributed by atoms with Crippen LogP contribution in [0.1, 0.15) is 12.6 Å². The standard InChI is InChI=1S/C14H14N4O/c1-3-17-14(19)13-12(10(2)16-17)9-15-18(13)11-7-5-4-6-8-11/h4-9H,3H2,1-2H3. The van der Waals surface area contributed by atoms with Gasteiger partial charge in [0.25, 0.3) is 5.56 Å². The van der Waals surface area contributed by atoms with E-state index >= 15 is 0 Å². The lowest BCUT2D eigenvalue weighted by Crippen LogP contribution is -2.24. The molecule has 96 valence electrons. The molecule has 0 unspecified atom stereocenters. The Morgan fingerprint density at radius 2 is 1.95 bits per heavy atom. The summed E-state index contributed by atoms with van der Waals surface area (Å²) >= 11 is 0. The van der Waals surface area contributed by atoms with Gasteiger partial charge in [-0.05, 0) is 26.0 Å². The summed E-state index contributed by atoms with van der Waals surface area (Å²) in [5, 5.41) is 9.41. The van der Waals surface area contributed by atoms with E-state index in [-0.39, 0.29) is 5.56 Å². The largest absolute Gasteiger partial charge is 0.293 e. The lowest BCUT2D eigenvalue weighted by molar-refractivity contribution is 0.612. The van der Waals surface area contributed by atoms with Gasteiger partial charge in [0.1, 0.15) is 5.52 Å². The molecule has 0 aliphatic rings. The molecular formula is C14H14N4O. The van der Waals surface area contributed by atoms with Crippen molar-refractivity contribution < 1.29 is 0 Å². The average molecular weight is 254 g/mol. The third-order valence-electron chi connectivity index (χ3n) is 3.17. The first-order valence-electron chi connectivity index (χ1n) is 6.23. The number of fused-ring (bicyclic) bond motifs is 1. The summed E-state index contributed by atoms with van der Waals surface area (Å²) in [6.07, 6.45) is 1.70. The van der Waals surface area contributed by atoms with Crippen molar-refractivity contribution in [3.63, 3.8) is 0 Å². The van der Waals surface area contributed by atoms with Crippen LogP contribution >= 0.6 is 0 Å². The maximum Gasteiger partial charge on any atom is 0.293 e. The molecule has 5 nitrogen and oxygen atoms in total. The number of para-hydroxylation sites is 1. The molecule has 0 fully saturated rings. The molecule has 0 amide bonds. The lowest BCUT2D eigenvalue weighted by atomic mass is 10.2. The SMILES string of the molecule is CCn1nc(C)c2cnn(-c3ccccc3)c2c1=O. The smallest absolute Gasteiger partial charge is 0.265 e. The van der Waals surface area contributed by atoms with Crippen LogP contribution in [0.3, 0.4) is 0 Å². The molecule has 0 bridgehead atoms. The highest BCUT2D eigenvalue weighted by atomic mass is 16.1. The van der Waals surface area contributed by atoms with Gasteiger partial charge in [0.2, 0.25) is 0 Å². The second-order valence-electron chi connectivity index (χ2n) is 4.36. The van der Waals surface area contributed by atoms with Crippen LogP contribution in [0.4, 0.5) is 0 Å². The monoisotopic (exact) mass is 254 g/mol. The minimum Gasteiger partial charge on any atom is -0.265 e. The van der Waals surface area contributed by atoms with E-state index in [2.05, 4.69) is 10.2 Å². The van der Waals surface area contributed by atoms with Crippen molar-refractivity contribution in [2.24, 2.45) is 0 Å². The second-order valence-corrected chi connectivity index (χ2v) is 4.36. The maximum atomic E-state index is 12.4. The Balaban J connectivity index is 2.40. The van der Waals surface area contributed by atoms with Gasteiger partial charge in [-0.15, -0.1) is 0 Å². The van der Waals surface area contributed by atoms with Gasteiger partial charge in [0, 0.05) is 11.9 Å². The Labute approximate surface area is 110 Å². The summed E-state index contributed by atoms with van der Waals surface area (Å²) in [6.45, 7) is 4.35. The van der Waals surface area contributed by atoms with Crippen LogP contribution in [0.25, 0.3) is 16.6 Å². The van der Waals surface area contributed by atoms with Crippen molar-refractivity contribution in [2.75, 3.05) is 0 Å². The van der Waals surface area contributed by atoms with E-state index in [0.717, 1.165) is 16.8 Å². The van der Waals surface area contributed by atoms with Crippen LogP contribution in [0, 0.1) is 6.92 Å². The number of hydrogen-bond acceptors (Lipinski definition) is 3. The third kappa shape index (κ3) is 1.74. The zero-order valence-corrected chi connectivity index (χ0v) is 10.9. The minimum atomic E-state index is -0.107. The molecule has 0 radical (unpaired) electrons. The number of aryl methyl sites for hydroxylation is 2. The topological polar surface area (TPSA) is 52.7 Å². The molecular weight excluding hydrogens is 240 g/mol. The molecule has 0 spiro atoms. The molecule has 0 saturated heterocycles. The molecule has 3 rings (SSSR count). The first-order chi connectivity index (χ1) is 9.22. The van der Waals surface area contributed by atoms with E-state index < -0.39 is 0 Å². The molecule has 3 aromatic rings. The normalized spacial score (nSPS) is 11.1. The molecule has 2 aromatic heterocycles. The van der Waals surface area contributed by atoms with Crippen molar-refractivity contribution in [2.45, 2.75) is 20.4 Å². The molecule has 19 heavy (non-hydrogen) atoms. The fourth-order valence-corrected chi connectivity index (χ4v) is 2.20. The van der Waals surface area contributed by atoms with Gasteiger partial charge in [0.05, 0.1) is 17.6 Å². The van der Waals surface area contributed by atoms with Crippen molar-refractivity contribution in [3.05, 3.63) is 52.6 Å². The molecule has 0 N–H and O–H groups in total. The molecule has 0 aliphatic carbocycles. The summed E-state index contributed by atoms with van der Waals surface area (Å²) < 4.78 is 3.15. The summed E-state index contributed by atoms with van der Waals surface area (Å²) in [5.74, 6) is 0. The fourth-order valence-electron chi connectivity index (χ4n) is 2.20. The van der Waals surface area contributed by atoms with E-state index in [1.54, 1.807) is 10.9 Å². The van der Waals surface area contributed by atoms with Crippen molar-refractivity contribution >= 4 is 10.9 Å². The number of aromatic nitrogens is 4. The zero-order chi connectivity index (χ0) is 13.4. The summed E-state index contributed by atoms with van der Waals surface area (Å²) in [5.41, 5.74) is 2.17. The van der Waals surface area contributed by atoms with Crippen molar-refractivity contribution in [3.8, 4) is 5.69 Å². The molecule has 0 aliphatic heterocycles. The third-order valence-corrected chi connectivity index (χ3v) is 3.17. The van der Waals surface area contributed by atoms with Crippen molar-refractivity contribution in [1.29, 1.82) is 0 Å². The van der Waals surface area contributed by atoms with Crippen LogP contribution in [-0.4, -0.2) is 19.6 Å². The fraction of sp³-hybridized carbons (Fsp3) is 0.214. The van der Waals surface area contributed by atoms with Gasteiger partial charge < -0.3 is 0 Å². The molecule has 2 heterocycles. The molecule has 0 atom stereocenters. The Bertz CT molecular complexity index is 786. The van der Waals surface area contributed by atoms with Crippen LogP contribution in [0.15, 0.2) is 41.3 Å². The van der Waals surface area contributed by atoms with E-state index in [1.165, 1.54) is 4.68 Å². The van der Waals surface area contributed by atoms with Crippen LogP contribution < -0.4 is 5.56 Å². The second kappa shape index (κ2) is 4.35. The van der Waals surface area contributed by atoms with Crippen LogP contribution in [-0.2, 0) is 6.54 Å². The molecule has 1 aromatic carbocycles. The van der Waals surface area contributed by atoms with Crippen LogP contribution in [0.2, 0.25) is 0 Å². The first-order valence-corrected chi connectivity index (χ1v) is 6.23. The van der Waals surface area contributed by atoms with E-state index in [0.29, 0.717) is 12.1 Å². The number of rotatable bonds is 2. The highest BCUT2D eigenvalue weighted by Gasteiger charge is 2.13. The number of hydrogen-bond donors (Lipinski definition) is 0. The Morgan fingerprint density at radius 3 is 2.63 bits per heavy atom. The zero-order valence-electron chi connectivity index (χ0n) is 10.9. The average Bonchev–Trinajstić information content (AvgIpc) is 2.89. The van der Waals surface area contributed by atoms with Gasteiger partial charge in [0.15, 0.2) is 0 Å². The predicted molar refractivity (Wildman–Crippen MR) is 73.5 cm³/mol. The number of benzene rings is 1. The minimum absolute atomic E-state index is 0.107. The quantitative estimate of drug-likeness (QED) is 0.702. The van der Waals surface area contributed by atoms with E-state index in [9.17, 15) is 4.79 Å². The highest BCUT2D eigenvalue weighted by molar-refractivity contribution is 5.81. The maximum absolute atomic E-state index is 12.4. The van der Waals surface area contributed by atoms with E-state index in [1.807, 2.05) is 44.2 Å². The highest BCUT2D eigenvalue weighted by Crippen LogP contribution is 2.16. The lowest BCUT2D eigenvalue weighted by Gasteiger charge is -2.06. The van der Waals surface area contributed by atoms with Gasteiger partial charge in [-0.2, -0.15) is 10.2 Å². The Morgan fingerprint density at radius 1 is 1.21 bits per heavy atom. The summed E-state index contributed by atoms with van der Waals surface area (Å²) in [6, 6.07) is 9.65. The first kappa shape index (κ1) is 11.6. The van der Waals surface area contributed by atoms with Gasteiger partial charge >= 0.3 is 0 Å². The summed E-state index contributed by atoms with van der Waals surface area (Å²) in [4.78, 5) is 12.4. The number of nitrogens with zero attached hydrogens (tertiary/aromatic N) is 4. The Hall–Kier alpha value is -2.43. The van der Waals surface area contributed by atoms with Gasteiger partial charge in [-0.1, -0.05) is 18.2 Å². The van der Waals surface area contributed by atoms with Crippen LogP contribution in [0.5, 0.6) is 0 Å². The van der Waals surface area contributed by atoms with Gasteiger partial charge in [-0.3, -0.25) is 4.79 Å². The Kier molecular flexibility index (Phi) is 2.67. The van der Waals surface area contributed by atoms with Crippen molar-refractivity contribution in [1.82, 2.24) is 19.6 Å². The summed E-state index contributed by atoms with van der Waals surface area (Å²) in [7, 11) is 0.